The van der Waals surface area contributed by atoms with Gasteiger partial charge in [0, 0.05) is 0 Å². The summed E-state index contributed by atoms with van der Waals surface area (Å²) in [6.45, 7) is 0.185. The fraction of sp³-hybridized carbons (Fsp3) is 0.188. The molecule has 0 heterocycles. The number of ether oxygens (including phenoxy) is 3. The summed E-state index contributed by atoms with van der Waals surface area (Å²) >= 11 is 0. The van der Waals surface area contributed by atoms with Crippen LogP contribution in [0, 0.1) is 5.82 Å². The second-order valence-electron chi connectivity index (χ2n) is 4.24. The number of hydrogen-bond donors (Lipinski definition) is 0. The summed E-state index contributed by atoms with van der Waals surface area (Å²) < 4.78 is 28.4. The lowest BCUT2D eigenvalue weighted by atomic mass is 10.2. The van der Waals surface area contributed by atoms with Crippen molar-refractivity contribution in [2.75, 3.05) is 14.2 Å². The highest BCUT2D eigenvalue weighted by molar-refractivity contribution is 5.93. The van der Waals surface area contributed by atoms with Crippen LogP contribution in [0.25, 0.3) is 0 Å². The molecule has 21 heavy (non-hydrogen) atoms. The van der Waals surface area contributed by atoms with E-state index in [-0.39, 0.29) is 18.0 Å². The summed E-state index contributed by atoms with van der Waals surface area (Å²) in [7, 11) is 2.78. The molecule has 0 aliphatic heterocycles. The Balaban J connectivity index is 2.25. The first-order valence-electron chi connectivity index (χ1n) is 6.28. The average molecular weight is 290 g/mol. The second kappa shape index (κ2) is 6.74. The van der Waals surface area contributed by atoms with Crippen LogP contribution in [0.2, 0.25) is 0 Å². The molecule has 0 N–H and O–H groups in total. The SMILES string of the molecule is COC(=O)c1cccc(OC)c1OCc1ccc(F)cc1. The number of halogens is 1. The van der Waals surface area contributed by atoms with Gasteiger partial charge in [0.15, 0.2) is 11.5 Å². The Morgan fingerprint density at radius 2 is 1.81 bits per heavy atom. The summed E-state index contributed by atoms with van der Waals surface area (Å²) in [5.41, 5.74) is 1.05. The molecule has 0 aliphatic rings. The van der Waals surface area contributed by atoms with Gasteiger partial charge >= 0.3 is 5.97 Å². The molecule has 110 valence electrons. The Bertz CT molecular complexity index is 623. The number of carbonyl (C=O) groups is 1. The van der Waals surface area contributed by atoms with E-state index in [0.717, 1.165) is 5.56 Å². The van der Waals surface area contributed by atoms with Gasteiger partial charge in [0.05, 0.1) is 14.2 Å². The highest BCUT2D eigenvalue weighted by Gasteiger charge is 2.17. The van der Waals surface area contributed by atoms with Crippen LogP contribution < -0.4 is 9.47 Å². The molecule has 0 saturated carbocycles. The van der Waals surface area contributed by atoms with Crippen molar-refractivity contribution in [1.29, 1.82) is 0 Å². The summed E-state index contributed by atoms with van der Waals surface area (Å²) in [5, 5.41) is 0. The molecule has 0 bridgehead atoms. The number of carbonyl (C=O) groups excluding carboxylic acids is 1. The zero-order valence-corrected chi connectivity index (χ0v) is 11.8. The van der Waals surface area contributed by atoms with Crippen molar-refractivity contribution in [1.82, 2.24) is 0 Å². The molecule has 5 heteroatoms. The predicted molar refractivity (Wildman–Crippen MR) is 75.1 cm³/mol. The normalized spacial score (nSPS) is 10.0. The maximum absolute atomic E-state index is 12.9. The Morgan fingerprint density at radius 1 is 1.10 bits per heavy atom. The molecule has 4 nitrogen and oxygen atoms in total. The van der Waals surface area contributed by atoms with E-state index >= 15 is 0 Å². The van der Waals surface area contributed by atoms with Gasteiger partial charge in [-0.15, -0.1) is 0 Å². The van der Waals surface area contributed by atoms with Crippen LogP contribution in [0.15, 0.2) is 42.5 Å². The van der Waals surface area contributed by atoms with E-state index in [1.54, 1.807) is 30.3 Å². The topological polar surface area (TPSA) is 44.8 Å². The van der Waals surface area contributed by atoms with E-state index in [0.29, 0.717) is 11.5 Å². The van der Waals surface area contributed by atoms with E-state index in [4.69, 9.17) is 14.2 Å². The lowest BCUT2D eigenvalue weighted by Crippen LogP contribution is -2.07. The van der Waals surface area contributed by atoms with Crippen molar-refractivity contribution in [3.63, 3.8) is 0 Å². The van der Waals surface area contributed by atoms with E-state index in [2.05, 4.69) is 0 Å². The summed E-state index contributed by atoms with van der Waals surface area (Å²) in [6, 6.07) is 10.9. The first kappa shape index (κ1) is 14.8. The van der Waals surface area contributed by atoms with Gasteiger partial charge in [0.1, 0.15) is 18.0 Å². The summed E-state index contributed by atoms with van der Waals surface area (Å²) in [6.07, 6.45) is 0. The smallest absolute Gasteiger partial charge is 0.341 e. The standard InChI is InChI=1S/C16H15FO4/c1-19-14-5-3-4-13(16(18)20-2)15(14)21-10-11-6-8-12(17)9-7-11/h3-9H,10H2,1-2H3. The van der Waals surface area contributed by atoms with Gasteiger partial charge in [0.25, 0.3) is 0 Å². The minimum Gasteiger partial charge on any atom is -0.493 e. The maximum atomic E-state index is 12.9. The van der Waals surface area contributed by atoms with Gasteiger partial charge in [-0.2, -0.15) is 0 Å². The maximum Gasteiger partial charge on any atom is 0.341 e. The summed E-state index contributed by atoms with van der Waals surface area (Å²) in [5.74, 6) is -0.0921. The summed E-state index contributed by atoms with van der Waals surface area (Å²) in [4.78, 5) is 11.8. The van der Waals surface area contributed by atoms with Crippen molar-refractivity contribution in [2.45, 2.75) is 6.61 Å². The number of hydrogen-bond acceptors (Lipinski definition) is 4. The minimum atomic E-state index is -0.511. The van der Waals surface area contributed by atoms with Gasteiger partial charge in [-0.1, -0.05) is 18.2 Å². The molecule has 0 unspecified atom stereocenters. The lowest BCUT2D eigenvalue weighted by Gasteiger charge is -2.14. The first-order chi connectivity index (χ1) is 10.2. The van der Waals surface area contributed by atoms with E-state index in [9.17, 15) is 9.18 Å². The van der Waals surface area contributed by atoms with Crippen molar-refractivity contribution in [3.8, 4) is 11.5 Å². The van der Waals surface area contributed by atoms with Gasteiger partial charge < -0.3 is 14.2 Å². The Hall–Kier alpha value is -2.56. The predicted octanol–water partition coefficient (Wildman–Crippen LogP) is 3.20. The first-order valence-corrected chi connectivity index (χ1v) is 6.28. The van der Waals surface area contributed by atoms with Gasteiger partial charge in [-0.05, 0) is 29.8 Å². The van der Waals surface area contributed by atoms with Crippen LogP contribution in [0.4, 0.5) is 4.39 Å². The van der Waals surface area contributed by atoms with Crippen molar-refractivity contribution in [3.05, 3.63) is 59.4 Å². The largest absolute Gasteiger partial charge is 0.493 e. The molecule has 0 amide bonds. The van der Waals surface area contributed by atoms with Crippen LogP contribution >= 0.6 is 0 Å². The Labute approximate surface area is 122 Å². The number of esters is 1. The van der Waals surface area contributed by atoms with Crippen LogP contribution in [0.1, 0.15) is 15.9 Å². The number of benzene rings is 2. The third kappa shape index (κ3) is 3.51. The lowest BCUT2D eigenvalue weighted by molar-refractivity contribution is 0.0594. The molecular weight excluding hydrogens is 275 g/mol. The quantitative estimate of drug-likeness (QED) is 0.793. The van der Waals surface area contributed by atoms with Gasteiger partial charge in [-0.25, -0.2) is 9.18 Å². The van der Waals surface area contributed by atoms with E-state index in [1.807, 2.05) is 0 Å². The average Bonchev–Trinajstić information content (AvgIpc) is 2.53. The van der Waals surface area contributed by atoms with Crippen molar-refractivity contribution in [2.24, 2.45) is 0 Å². The minimum absolute atomic E-state index is 0.185. The third-order valence-corrected chi connectivity index (χ3v) is 2.90. The number of methoxy groups -OCH3 is 2. The molecule has 2 aromatic carbocycles. The van der Waals surface area contributed by atoms with E-state index < -0.39 is 5.97 Å². The number of para-hydroxylation sites is 1. The molecule has 0 aliphatic carbocycles. The highest BCUT2D eigenvalue weighted by atomic mass is 19.1. The van der Waals surface area contributed by atoms with Gasteiger partial charge in [-0.3, -0.25) is 0 Å². The molecule has 2 rings (SSSR count). The molecule has 2 aromatic rings. The second-order valence-corrected chi connectivity index (χ2v) is 4.24. The van der Waals surface area contributed by atoms with Crippen LogP contribution in [-0.2, 0) is 11.3 Å². The molecule has 0 atom stereocenters. The van der Waals surface area contributed by atoms with Gasteiger partial charge in [0.2, 0.25) is 0 Å². The molecule has 0 radical (unpaired) electrons. The molecule has 0 spiro atoms. The zero-order chi connectivity index (χ0) is 15.2. The third-order valence-electron chi connectivity index (χ3n) is 2.90. The fourth-order valence-corrected chi connectivity index (χ4v) is 1.83. The van der Waals surface area contributed by atoms with E-state index in [1.165, 1.54) is 26.4 Å². The van der Waals surface area contributed by atoms with Crippen LogP contribution in [0.5, 0.6) is 11.5 Å². The molecule has 0 saturated heterocycles. The van der Waals surface area contributed by atoms with Crippen molar-refractivity contribution >= 4 is 5.97 Å². The van der Waals surface area contributed by atoms with Crippen molar-refractivity contribution < 1.29 is 23.4 Å². The number of rotatable bonds is 5. The van der Waals surface area contributed by atoms with Crippen LogP contribution in [-0.4, -0.2) is 20.2 Å². The van der Waals surface area contributed by atoms with Crippen LogP contribution in [0.3, 0.4) is 0 Å². The molecule has 0 aromatic heterocycles. The Morgan fingerprint density at radius 3 is 2.43 bits per heavy atom. The fourth-order valence-electron chi connectivity index (χ4n) is 1.83. The zero-order valence-electron chi connectivity index (χ0n) is 11.8. The monoisotopic (exact) mass is 290 g/mol. The molecular formula is C16H15FO4. The molecule has 0 fully saturated rings. The highest BCUT2D eigenvalue weighted by Crippen LogP contribution is 2.32. The Kier molecular flexibility index (Phi) is 4.77.